The lowest BCUT2D eigenvalue weighted by atomic mass is 10.1. The highest BCUT2D eigenvalue weighted by Crippen LogP contribution is 2.21. The smallest absolute Gasteiger partial charge is 0.271 e. The van der Waals surface area contributed by atoms with Gasteiger partial charge in [-0.3, -0.25) is 4.79 Å². The Labute approximate surface area is 157 Å². The van der Waals surface area contributed by atoms with Crippen molar-refractivity contribution in [1.29, 1.82) is 0 Å². The maximum absolute atomic E-state index is 12.4. The van der Waals surface area contributed by atoms with E-state index in [9.17, 15) is 4.79 Å². The quantitative estimate of drug-likeness (QED) is 0.680. The molecule has 0 saturated heterocycles. The summed E-state index contributed by atoms with van der Waals surface area (Å²) >= 11 is 1.43. The number of carbonyl (C=O) groups excluding carboxylic acids is 1. The van der Waals surface area contributed by atoms with Gasteiger partial charge < -0.3 is 10.1 Å². The highest BCUT2D eigenvalue weighted by Gasteiger charge is 2.15. The molecule has 0 saturated carbocycles. The number of rotatable bonds is 6. The van der Waals surface area contributed by atoms with Crippen molar-refractivity contribution in [1.82, 2.24) is 10.3 Å². The number of nitrogens with one attached hydrogen (secondary N) is 1. The zero-order chi connectivity index (χ0) is 18.5. The number of hydrogen-bond acceptors (Lipinski definition) is 4. The highest BCUT2D eigenvalue weighted by atomic mass is 32.1. The Morgan fingerprint density at radius 1 is 1.19 bits per heavy atom. The van der Waals surface area contributed by atoms with Crippen molar-refractivity contribution in [2.75, 3.05) is 0 Å². The summed E-state index contributed by atoms with van der Waals surface area (Å²) in [5.74, 6) is 0.671. The molecule has 3 rings (SSSR count). The molecule has 0 fully saturated rings. The van der Waals surface area contributed by atoms with Gasteiger partial charge in [0.25, 0.3) is 5.91 Å². The van der Waals surface area contributed by atoms with Gasteiger partial charge in [0, 0.05) is 5.38 Å². The molecule has 0 spiro atoms. The summed E-state index contributed by atoms with van der Waals surface area (Å²) in [6.45, 7) is 6.40. The summed E-state index contributed by atoms with van der Waals surface area (Å²) in [5.41, 5.74) is 3.79. The number of ether oxygens (including phenoxy) is 1. The zero-order valence-corrected chi connectivity index (χ0v) is 16.0. The van der Waals surface area contributed by atoms with Gasteiger partial charge >= 0.3 is 0 Å². The van der Waals surface area contributed by atoms with Crippen LogP contribution < -0.4 is 10.1 Å². The van der Waals surface area contributed by atoms with E-state index >= 15 is 0 Å². The van der Waals surface area contributed by atoms with Crippen LogP contribution in [-0.2, 0) is 6.61 Å². The Morgan fingerprint density at radius 2 is 1.96 bits per heavy atom. The van der Waals surface area contributed by atoms with Crippen LogP contribution in [0.4, 0.5) is 0 Å². The van der Waals surface area contributed by atoms with Gasteiger partial charge in [-0.25, -0.2) is 4.98 Å². The molecule has 0 aliphatic rings. The topological polar surface area (TPSA) is 51.2 Å². The van der Waals surface area contributed by atoms with Gasteiger partial charge in [-0.15, -0.1) is 11.3 Å². The third kappa shape index (κ3) is 4.49. The Hall–Kier alpha value is -2.66. The second-order valence-corrected chi connectivity index (χ2v) is 7.23. The molecular weight excluding hydrogens is 344 g/mol. The first kappa shape index (κ1) is 18.1. The normalized spacial score (nSPS) is 11.8. The highest BCUT2D eigenvalue weighted by molar-refractivity contribution is 7.09. The molecule has 0 aliphatic heterocycles. The van der Waals surface area contributed by atoms with Gasteiger partial charge in [-0.1, -0.05) is 48.0 Å². The Balaban J connectivity index is 1.59. The SMILES string of the molecule is Cc1ccc(OCc2nc(C(=O)N[C@@H](C)c3ccccc3)cs2)c(C)c1. The fourth-order valence-corrected chi connectivity index (χ4v) is 3.36. The largest absolute Gasteiger partial charge is 0.486 e. The fourth-order valence-electron chi connectivity index (χ4n) is 2.68. The summed E-state index contributed by atoms with van der Waals surface area (Å²) in [5, 5.41) is 5.53. The van der Waals surface area contributed by atoms with Crippen molar-refractivity contribution < 1.29 is 9.53 Å². The molecule has 1 heterocycles. The van der Waals surface area contributed by atoms with E-state index in [0.717, 1.165) is 21.9 Å². The molecule has 0 radical (unpaired) electrons. The van der Waals surface area contributed by atoms with E-state index in [1.165, 1.54) is 16.9 Å². The lowest BCUT2D eigenvalue weighted by molar-refractivity contribution is 0.0935. The molecule has 1 amide bonds. The second kappa shape index (κ2) is 8.15. The van der Waals surface area contributed by atoms with Crippen LogP contribution in [0, 0.1) is 13.8 Å². The number of thiazole rings is 1. The van der Waals surface area contributed by atoms with Gasteiger partial charge in [0.1, 0.15) is 23.1 Å². The van der Waals surface area contributed by atoms with E-state index in [1.54, 1.807) is 5.38 Å². The number of nitrogens with zero attached hydrogens (tertiary/aromatic N) is 1. The third-order valence-electron chi connectivity index (χ3n) is 4.11. The van der Waals surface area contributed by atoms with Crippen LogP contribution >= 0.6 is 11.3 Å². The molecule has 3 aromatic rings. The number of hydrogen-bond donors (Lipinski definition) is 1. The minimum Gasteiger partial charge on any atom is -0.486 e. The summed E-state index contributed by atoms with van der Waals surface area (Å²) < 4.78 is 5.84. The van der Waals surface area contributed by atoms with Gasteiger partial charge in [0.15, 0.2) is 0 Å². The molecule has 2 aromatic carbocycles. The van der Waals surface area contributed by atoms with E-state index in [1.807, 2.05) is 56.3 Å². The lowest BCUT2D eigenvalue weighted by Gasteiger charge is -2.13. The molecule has 0 bridgehead atoms. The molecule has 1 N–H and O–H groups in total. The first-order valence-corrected chi connectivity index (χ1v) is 9.41. The van der Waals surface area contributed by atoms with E-state index in [2.05, 4.69) is 23.3 Å². The average Bonchev–Trinajstić information content (AvgIpc) is 3.11. The fraction of sp³-hybridized carbons (Fsp3) is 0.238. The minimum atomic E-state index is -0.171. The van der Waals surface area contributed by atoms with Crippen molar-refractivity contribution >= 4 is 17.2 Å². The number of aryl methyl sites for hydroxylation is 2. The predicted octanol–water partition coefficient (Wildman–Crippen LogP) is 4.83. The average molecular weight is 366 g/mol. The number of benzene rings is 2. The second-order valence-electron chi connectivity index (χ2n) is 6.29. The molecule has 4 nitrogen and oxygen atoms in total. The number of carbonyl (C=O) groups is 1. The van der Waals surface area contributed by atoms with Crippen LogP contribution in [-0.4, -0.2) is 10.9 Å². The number of aromatic nitrogens is 1. The van der Waals surface area contributed by atoms with E-state index < -0.39 is 0 Å². The van der Waals surface area contributed by atoms with Crippen molar-refractivity contribution in [2.24, 2.45) is 0 Å². The van der Waals surface area contributed by atoms with Crippen LogP contribution in [0.3, 0.4) is 0 Å². The van der Waals surface area contributed by atoms with E-state index in [-0.39, 0.29) is 11.9 Å². The molecule has 0 unspecified atom stereocenters. The molecule has 26 heavy (non-hydrogen) atoms. The predicted molar refractivity (Wildman–Crippen MR) is 105 cm³/mol. The first-order chi connectivity index (χ1) is 12.5. The molecule has 134 valence electrons. The summed E-state index contributed by atoms with van der Waals surface area (Å²) in [6.07, 6.45) is 0. The van der Waals surface area contributed by atoms with Gasteiger partial charge in [0.05, 0.1) is 6.04 Å². The third-order valence-corrected chi connectivity index (χ3v) is 4.94. The standard InChI is InChI=1S/C21H22N2O2S/c1-14-9-10-19(15(2)11-14)25-12-20-23-18(13-26-20)21(24)22-16(3)17-7-5-4-6-8-17/h4-11,13,16H,12H2,1-3H3,(H,22,24)/t16-/m0/s1. The van der Waals surface area contributed by atoms with Gasteiger partial charge in [-0.05, 0) is 38.0 Å². The van der Waals surface area contributed by atoms with Crippen molar-refractivity contribution in [3.05, 3.63) is 81.3 Å². The molecule has 5 heteroatoms. The van der Waals surface area contributed by atoms with Crippen LogP contribution in [0.1, 0.15) is 45.2 Å². The van der Waals surface area contributed by atoms with E-state index in [0.29, 0.717) is 12.3 Å². The Morgan fingerprint density at radius 3 is 2.69 bits per heavy atom. The first-order valence-electron chi connectivity index (χ1n) is 8.53. The van der Waals surface area contributed by atoms with Crippen molar-refractivity contribution in [3.63, 3.8) is 0 Å². The maximum Gasteiger partial charge on any atom is 0.271 e. The van der Waals surface area contributed by atoms with Crippen LogP contribution in [0.15, 0.2) is 53.9 Å². The summed E-state index contributed by atoms with van der Waals surface area (Å²) in [6, 6.07) is 15.9. The zero-order valence-electron chi connectivity index (χ0n) is 15.2. The molecular formula is C21H22N2O2S. The molecule has 0 aliphatic carbocycles. The molecule has 1 aromatic heterocycles. The van der Waals surface area contributed by atoms with Crippen molar-refractivity contribution in [3.8, 4) is 5.75 Å². The summed E-state index contributed by atoms with van der Waals surface area (Å²) in [4.78, 5) is 16.8. The lowest BCUT2D eigenvalue weighted by Crippen LogP contribution is -2.26. The Kier molecular flexibility index (Phi) is 5.68. The Bertz CT molecular complexity index is 890. The van der Waals surface area contributed by atoms with Crippen LogP contribution in [0.25, 0.3) is 0 Å². The van der Waals surface area contributed by atoms with E-state index in [4.69, 9.17) is 4.74 Å². The van der Waals surface area contributed by atoms with Gasteiger partial charge in [-0.2, -0.15) is 0 Å². The van der Waals surface area contributed by atoms with Crippen LogP contribution in [0.5, 0.6) is 5.75 Å². The van der Waals surface area contributed by atoms with Crippen LogP contribution in [0.2, 0.25) is 0 Å². The minimum absolute atomic E-state index is 0.0692. The molecule has 1 atom stereocenters. The number of amides is 1. The monoisotopic (exact) mass is 366 g/mol. The maximum atomic E-state index is 12.4. The summed E-state index contributed by atoms with van der Waals surface area (Å²) in [7, 11) is 0. The van der Waals surface area contributed by atoms with Gasteiger partial charge in [0.2, 0.25) is 0 Å². The van der Waals surface area contributed by atoms with Crippen molar-refractivity contribution in [2.45, 2.75) is 33.4 Å².